The molecular formula is C20H29N3O5S. The maximum absolute atomic E-state index is 13.2. The summed E-state index contributed by atoms with van der Waals surface area (Å²) in [5, 5.41) is 0. The van der Waals surface area contributed by atoms with Crippen LogP contribution < -0.4 is 0 Å². The lowest BCUT2D eigenvalue weighted by molar-refractivity contribution is -0.129. The Morgan fingerprint density at radius 3 is 2.52 bits per heavy atom. The van der Waals surface area contributed by atoms with Crippen LogP contribution in [0.1, 0.15) is 49.4 Å². The van der Waals surface area contributed by atoms with Crippen molar-refractivity contribution in [2.45, 2.75) is 51.7 Å². The summed E-state index contributed by atoms with van der Waals surface area (Å²) in [6.45, 7) is 6.98. The summed E-state index contributed by atoms with van der Waals surface area (Å²) in [5.74, 6) is -0.250. The highest BCUT2D eigenvalue weighted by Crippen LogP contribution is 2.41. The second-order valence-corrected chi connectivity index (χ2v) is 10.6. The van der Waals surface area contributed by atoms with Gasteiger partial charge in [0.25, 0.3) is 5.91 Å². The summed E-state index contributed by atoms with van der Waals surface area (Å²) in [5.41, 5.74) is 0. The molecule has 0 N–H and O–H groups in total. The minimum atomic E-state index is -3.68. The summed E-state index contributed by atoms with van der Waals surface area (Å²) in [6, 6.07) is 2.59. The molecule has 0 bridgehead atoms. The van der Waals surface area contributed by atoms with Crippen molar-refractivity contribution >= 4 is 21.8 Å². The third-order valence-electron chi connectivity index (χ3n) is 6.38. The van der Waals surface area contributed by atoms with Crippen LogP contribution in [-0.4, -0.2) is 72.3 Å². The van der Waals surface area contributed by atoms with Crippen LogP contribution in [0.2, 0.25) is 0 Å². The van der Waals surface area contributed by atoms with Gasteiger partial charge in [-0.1, -0.05) is 13.8 Å². The van der Waals surface area contributed by atoms with E-state index in [0.717, 1.165) is 29.4 Å². The smallest absolute Gasteiger partial charge is 0.289 e. The van der Waals surface area contributed by atoms with Gasteiger partial charge in [0.05, 0.1) is 30.8 Å². The molecule has 160 valence electrons. The molecule has 0 radical (unpaired) electrons. The van der Waals surface area contributed by atoms with Gasteiger partial charge in [0.1, 0.15) is 5.76 Å². The number of amides is 2. The third-order valence-corrected chi connectivity index (χ3v) is 7.54. The van der Waals surface area contributed by atoms with E-state index < -0.39 is 33.9 Å². The molecule has 0 spiro atoms. The van der Waals surface area contributed by atoms with Crippen LogP contribution in [0.3, 0.4) is 0 Å². The highest BCUT2D eigenvalue weighted by atomic mass is 32.2. The zero-order chi connectivity index (χ0) is 20.9. The Hall–Kier alpha value is -1.87. The Morgan fingerprint density at radius 1 is 1.21 bits per heavy atom. The van der Waals surface area contributed by atoms with Crippen LogP contribution in [0.4, 0.5) is 0 Å². The van der Waals surface area contributed by atoms with Gasteiger partial charge < -0.3 is 9.32 Å². The van der Waals surface area contributed by atoms with E-state index in [1.54, 1.807) is 11.0 Å². The predicted octanol–water partition coefficient (Wildman–Crippen LogP) is 1.53. The molecule has 0 saturated carbocycles. The zero-order valence-electron chi connectivity index (χ0n) is 17.2. The summed E-state index contributed by atoms with van der Waals surface area (Å²) in [4.78, 5) is 30.0. The Labute approximate surface area is 171 Å². The zero-order valence-corrected chi connectivity index (χ0v) is 18.0. The fourth-order valence-electron chi connectivity index (χ4n) is 5.15. The van der Waals surface area contributed by atoms with E-state index in [1.165, 1.54) is 12.8 Å². The molecule has 3 aliphatic rings. The molecule has 0 aliphatic carbocycles. The molecule has 3 aliphatic heterocycles. The number of rotatable bonds is 5. The Kier molecular flexibility index (Phi) is 5.23. The molecule has 3 atom stereocenters. The van der Waals surface area contributed by atoms with Gasteiger partial charge in [-0.25, -0.2) is 12.7 Å². The van der Waals surface area contributed by atoms with Crippen LogP contribution in [0.5, 0.6) is 0 Å². The molecule has 0 unspecified atom stereocenters. The first kappa shape index (κ1) is 20.4. The fourth-order valence-corrected chi connectivity index (χ4v) is 6.32. The topological polar surface area (TPSA) is 91.1 Å². The third kappa shape index (κ3) is 3.59. The number of hydrogen-bond donors (Lipinski definition) is 0. The number of likely N-dealkylation sites (tertiary alicyclic amines) is 2. The first-order chi connectivity index (χ1) is 13.7. The maximum Gasteiger partial charge on any atom is 0.289 e. The van der Waals surface area contributed by atoms with Crippen molar-refractivity contribution < 1.29 is 22.4 Å². The maximum atomic E-state index is 13.2. The SMILES string of the molecule is CC(C)[C@H]1C(=O)N(S(C)(=O)=O)[C@H]2CCN(C(=O)c3ccc(CN4CCCC4)o3)[C@H]12. The van der Waals surface area contributed by atoms with E-state index in [0.29, 0.717) is 19.5 Å². The quantitative estimate of drug-likeness (QED) is 0.713. The fraction of sp³-hybridized carbons (Fsp3) is 0.700. The van der Waals surface area contributed by atoms with Gasteiger partial charge in [-0.05, 0) is 50.4 Å². The minimum absolute atomic E-state index is 0.0718. The predicted molar refractivity (Wildman–Crippen MR) is 106 cm³/mol. The van der Waals surface area contributed by atoms with Gasteiger partial charge >= 0.3 is 0 Å². The van der Waals surface area contributed by atoms with Crippen molar-refractivity contribution in [1.82, 2.24) is 14.1 Å². The molecule has 4 heterocycles. The Morgan fingerprint density at radius 2 is 1.90 bits per heavy atom. The Balaban J connectivity index is 1.57. The van der Waals surface area contributed by atoms with E-state index in [2.05, 4.69) is 4.90 Å². The van der Waals surface area contributed by atoms with Crippen LogP contribution in [0.25, 0.3) is 0 Å². The van der Waals surface area contributed by atoms with Crippen LogP contribution >= 0.6 is 0 Å². The van der Waals surface area contributed by atoms with Gasteiger partial charge in [-0.15, -0.1) is 0 Å². The lowest BCUT2D eigenvalue weighted by Crippen LogP contribution is -2.44. The molecule has 8 nitrogen and oxygen atoms in total. The lowest BCUT2D eigenvalue weighted by atomic mass is 9.88. The Bertz CT molecular complexity index is 903. The van der Waals surface area contributed by atoms with E-state index in [-0.39, 0.29) is 17.6 Å². The summed E-state index contributed by atoms with van der Waals surface area (Å²) < 4.78 is 31.3. The van der Waals surface area contributed by atoms with Crippen molar-refractivity contribution in [2.75, 3.05) is 25.9 Å². The van der Waals surface area contributed by atoms with Crippen molar-refractivity contribution in [3.63, 3.8) is 0 Å². The monoisotopic (exact) mass is 423 g/mol. The molecule has 29 heavy (non-hydrogen) atoms. The van der Waals surface area contributed by atoms with E-state index in [1.807, 2.05) is 19.9 Å². The molecule has 3 saturated heterocycles. The van der Waals surface area contributed by atoms with Gasteiger partial charge in [-0.2, -0.15) is 0 Å². The average molecular weight is 424 g/mol. The number of carbonyl (C=O) groups excluding carboxylic acids is 2. The summed E-state index contributed by atoms with van der Waals surface area (Å²) >= 11 is 0. The molecule has 1 aromatic rings. The minimum Gasteiger partial charge on any atom is -0.455 e. The number of hydrogen-bond acceptors (Lipinski definition) is 6. The van der Waals surface area contributed by atoms with Crippen molar-refractivity contribution in [3.05, 3.63) is 23.7 Å². The van der Waals surface area contributed by atoms with Crippen LogP contribution in [0, 0.1) is 11.8 Å². The first-order valence-corrected chi connectivity index (χ1v) is 12.2. The van der Waals surface area contributed by atoms with Gasteiger partial charge in [0.15, 0.2) is 5.76 Å². The van der Waals surface area contributed by atoms with Crippen molar-refractivity contribution in [2.24, 2.45) is 11.8 Å². The van der Waals surface area contributed by atoms with E-state index in [9.17, 15) is 18.0 Å². The molecule has 1 aromatic heterocycles. The second-order valence-electron chi connectivity index (χ2n) is 8.76. The van der Waals surface area contributed by atoms with Crippen molar-refractivity contribution in [3.8, 4) is 0 Å². The molecule has 4 rings (SSSR count). The largest absolute Gasteiger partial charge is 0.455 e. The van der Waals surface area contributed by atoms with Gasteiger partial charge in [0.2, 0.25) is 15.9 Å². The molecule has 2 amide bonds. The molecule has 0 aromatic carbocycles. The normalized spacial score (nSPS) is 28.0. The molecular weight excluding hydrogens is 394 g/mol. The first-order valence-electron chi connectivity index (χ1n) is 10.3. The van der Waals surface area contributed by atoms with Crippen molar-refractivity contribution in [1.29, 1.82) is 0 Å². The number of nitrogens with zero attached hydrogens (tertiary/aromatic N) is 3. The van der Waals surface area contributed by atoms with Crippen LogP contribution in [-0.2, 0) is 21.4 Å². The molecule has 3 fully saturated rings. The number of sulfonamides is 1. The van der Waals surface area contributed by atoms with Gasteiger partial charge in [0, 0.05) is 6.54 Å². The number of carbonyl (C=O) groups is 2. The average Bonchev–Trinajstić information content (AvgIpc) is 3.37. The summed E-state index contributed by atoms with van der Waals surface area (Å²) in [6.07, 6.45) is 3.89. The lowest BCUT2D eigenvalue weighted by Gasteiger charge is -2.28. The number of fused-ring (bicyclic) bond motifs is 1. The van der Waals surface area contributed by atoms with E-state index >= 15 is 0 Å². The van der Waals surface area contributed by atoms with E-state index in [4.69, 9.17) is 4.42 Å². The standard InChI is InChI=1S/C20H29N3O5S/c1-13(2)17-18-15(23(20(17)25)29(3,26)27)8-11-22(18)19(24)16-7-6-14(28-16)12-21-9-4-5-10-21/h6-7,13,15,17-18H,4-5,8-12H2,1-3H3/t15-,17+,18-/m0/s1. The summed E-state index contributed by atoms with van der Waals surface area (Å²) in [7, 11) is -3.68. The van der Waals surface area contributed by atoms with Gasteiger partial charge in [-0.3, -0.25) is 14.5 Å². The highest BCUT2D eigenvalue weighted by molar-refractivity contribution is 7.88. The second kappa shape index (κ2) is 7.43. The molecule has 9 heteroatoms. The highest BCUT2D eigenvalue weighted by Gasteiger charge is 2.58. The van der Waals surface area contributed by atoms with Crippen LogP contribution in [0.15, 0.2) is 16.5 Å². The number of furan rings is 1.